The number of rotatable bonds is 3. The molecule has 0 aromatic rings. The molecule has 0 N–H and O–H groups in total. The van der Waals surface area contributed by atoms with Gasteiger partial charge in [0.1, 0.15) is 4.83 Å². The minimum atomic E-state index is -0.839. The van der Waals surface area contributed by atoms with Crippen LogP contribution in [0.25, 0.3) is 0 Å². The van der Waals surface area contributed by atoms with Crippen LogP contribution in [-0.4, -0.2) is 27.7 Å². The van der Waals surface area contributed by atoms with Gasteiger partial charge in [-0.25, -0.2) is 4.79 Å². The molecule has 2 unspecified atom stereocenters. The maximum atomic E-state index is 11.3. The predicted octanol–water partition coefficient (Wildman–Crippen LogP) is 1.55. The lowest BCUT2D eigenvalue weighted by Crippen LogP contribution is -2.26. The van der Waals surface area contributed by atoms with Gasteiger partial charge in [0.2, 0.25) is 0 Å². The first-order valence-corrected chi connectivity index (χ1v) is 5.74. The van der Waals surface area contributed by atoms with E-state index in [-0.39, 0.29) is 6.61 Å². The fourth-order valence-corrected chi connectivity index (χ4v) is 2.94. The average Bonchev–Trinajstić information content (AvgIpc) is 2.47. The highest BCUT2D eigenvalue weighted by Crippen LogP contribution is 2.36. The summed E-state index contributed by atoms with van der Waals surface area (Å²) in [5.74, 6) is -0.494. The highest BCUT2D eigenvalue weighted by atomic mass is 79.9. The van der Waals surface area contributed by atoms with Gasteiger partial charge in [-0.2, -0.15) is 0 Å². The van der Waals surface area contributed by atoms with E-state index in [0.29, 0.717) is 5.57 Å². The van der Waals surface area contributed by atoms with Crippen LogP contribution in [0.1, 0.15) is 6.92 Å². The average molecular weight is 282 g/mol. The van der Waals surface area contributed by atoms with Crippen LogP contribution in [0.2, 0.25) is 0 Å². The van der Waals surface area contributed by atoms with Crippen LogP contribution in [-0.2, 0) is 9.53 Å². The van der Waals surface area contributed by atoms with Crippen LogP contribution >= 0.6 is 27.7 Å². The minimum Gasteiger partial charge on any atom is -0.463 e. The molecule has 0 saturated heterocycles. The summed E-state index contributed by atoms with van der Waals surface area (Å²) in [4.78, 5) is 20.8. The fraction of sp³-hybridized carbons (Fsp3) is 0.571. The first-order valence-electron chi connectivity index (χ1n) is 3.88. The zero-order valence-electron chi connectivity index (χ0n) is 7.31. The maximum Gasteiger partial charge on any atom is 0.335 e. The number of hydrogen-bond donors (Lipinski definition) is 0. The molecular formula is C7H8BrNO4S. The van der Waals surface area contributed by atoms with Crippen molar-refractivity contribution in [1.29, 1.82) is 0 Å². The van der Waals surface area contributed by atoms with Gasteiger partial charge in [-0.15, -0.1) is 0 Å². The van der Waals surface area contributed by atoms with Gasteiger partial charge in [0.15, 0.2) is 0 Å². The van der Waals surface area contributed by atoms with Crippen LogP contribution < -0.4 is 0 Å². The number of thioether (sulfide) groups is 1. The Balaban J connectivity index is 2.67. The van der Waals surface area contributed by atoms with E-state index in [1.54, 1.807) is 6.92 Å². The van der Waals surface area contributed by atoms with Gasteiger partial charge in [0.25, 0.3) is 5.37 Å². The van der Waals surface area contributed by atoms with Gasteiger partial charge in [0, 0.05) is 4.92 Å². The highest BCUT2D eigenvalue weighted by molar-refractivity contribution is 9.09. The second-order valence-electron chi connectivity index (χ2n) is 2.51. The number of ether oxygens (including phenoxy) is 1. The molecule has 5 nitrogen and oxygen atoms in total. The van der Waals surface area contributed by atoms with E-state index in [1.165, 1.54) is 5.41 Å². The maximum absolute atomic E-state index is 11.3. The molecule has 78 valence electrons. The van der Waals surface area contributed by atoms with Gasteiger partial charge in [-0.3, -0.25) is 10.1 Å². The molecule has 0 fully saturated rings. The number of carbonyl (C=O) groups excluding carboxylic acids is 1. The van der Waals surface area contributed by atoms with E-state index >= 15 is 0 Å². The van der Waals surface area contributed by atoms with Gasteiger partial charge in [0.05, 0.1) is 12.2 Å². The molecule has 7 heteroatoms. The van der Waals surface area contributed by atoms with Crippen molar-refractivity contribution in [2.75, 3.05) is 6.61 Å². The van der Waals surface area contributed by atoms with Crippen molar-refractivity contribution in [3.63, 3.8) is 0 Å². The van der Waals surface area contributed by atoms with Crippen LogP contribution in [0, 0.1) is 10.1 Å². The van der Waals surface area contributed by atoms with Crippen molar-refractivity contribution < 1.29 is 14.5 Å². The molecule has 0 aromatic carbocycles. The quantitative estimate of drug-likeness (QED) is 0.340. The Morgan fingerprint density at radius 1 is 1.86 bits per heavy atom. The lowest BCUT2D eigenvalue weighted by atomic mass is 10.2. The summed E-state index contributed by atoms with van der Waals surface area (Å²) in [6, 6.07) is 0. The summed E-state index contributed by atoms with van der Waals surface area (Å²) in [6.07, 6.45) is 0. The zero-order chi connectivity index (χ0) is 10.7. The number of carbonyl (C=O) groups is 1. The number of nitro groups is 1. The molecule has 14 heavy (non-hydrogen) atoms. The first-order chi connectivity index (χ1) is 6.57. The number of esters is 1. The van der Waals surface area contributed by atoms with E-state index in [9.17, 15) is 14.9 Å². The molecule has 0 saturated carbocycles. The first kappa shape index (κ1) is 11.5. The van der Waals surface area contributed by atoms with Crippen molar-refractivity contribution >= 4 is 33.7 Å². The molecule has 1 aliphatic heterocycles. The van der Waals surface area contributed by atoms with Gasteiger partial charge < -0.3 is 4.74 Å². The number of hydrogen-bond acceptors (Lipinski definition) is 5. The number of halogens is 1. The minimum absolute atomic E-state index is 0.268. The van der Waals surface area contributed by atoms with E-state index in [4.69, 9.17) is 4.74 Å². The Hall–Kier alpha value is -0.560. The molecule has 1 heterocycles. The zero-order valence-corrected chi connectivity index (χ0v) is 9.71. The van der Waals surface area contributed by atoms with Crippen LogP contribution in [0.4, 0.5) is 0 Å². The van der Waals surface area contributed by atoms with Crippen LogP contribution in [0.3, 0.4) is 0 Å². The third kappa shape index (κ3) is 2.27. The molecule has 2 atom stereocenters. The molecule has 0 aromatic heterocycles. The van der Waals surface area contributed by atoms with Crippen LogP contribution in [0.15, 0.2) is 11.0 Å². The normalized spacial score (nSPS) is 25.7. The molecule has 0 radical (unpaired) electrons. The molecule has 0 spiro atoms. The monoisotopic (exact) mass is 281 g/mol. The van der Waals surface area contributed by atoms with Crippen molar-refractivity contribution in [1.82, 2.24) is 0 Å². The molecule has 0 amide bonds. The molecule has 1 rings (SSSR count). The lowest BCUT2D eigenvalue weighted by molar-refractivity contribution is -0.492. The Kier molecular flexibility index (Phi) is 3.94. The molecule has 1 aliphatic rings. The lowest BCUT2D eigenvalue weighted by Gasteiger charge is -2.08. The van der Waals surface area contributed by atoms with E-state index in [0.717, 1.165) is 11.8 Å². The van der Waals surface area contributed by atoms with Gasteiger partial charge in [-0.05, 0) is 12.3 Å². The summed E-state index contributed by atoms with van der Waals surface area (Å²) >= 11 is 4.12. The molecule has 0 aliphatic carbocycles. The summed E-state index contributed by atoms with van der Waals surface area (Å²) in [7, 11) is 0. The summed E-state index contributed by atoms with van der Waals surface area (Å²) in [5.41, 5.74) is 0.318. The van der Waals surface area contributed by atoms with E-state index < -0.39 is 21.1 Å². The topological polar surface area (TPSA) is 69.4 Å². The molecule has 0 bridgehead atoms. The third-order valence-electron chi connectivity index (χ3n) is 1.60. The molecular weight excluding hydrogens is 274 g/mol. The van der Waals surface area contributed by atoms with Crippen LogP contribution in [0.5, 0.6) is 0 Å². The highest BCUT2D eigenvalue weighted by Gasteiger charge is 2.40. The Bertz CT molecular complexity index is 293. The second kappa shape index (κ2) is 4.79. The van der Waals surface area contributed by atoms with Gasteiger partial charge in [-0.1, -0.05) is 27.7 Å². The van der Waals surface area contributed by atoms with Crippen molar-refractivity contribution in [2.45, 2.75) is 17.1 Å². The fourth-order valence-electron chi connectivity index (χ4n) is 0.962. The largest absolute Gasteiger partial charge is 0.463 e. The Labute approximate surface area is 93.2 Å². The van der Waals surface area contributed by atoms with Gasteiger partial charge >= 0.3 is 5.97 Å². The number of nitrogens with zero attached hydrogens (tertiary/aromatic N) is 1. The van der Waals surface area contributed by atoms with E-state index in [2.05, 4.69) is 15.9 Å². The third-order valence-corrected chi connectivity index (χ3v) is 4.06. The summed E-state index contributed by atoms with van der Waals surface area (Å²) in [6.45, 7) is 1.96. The Morgan fingerprint density at radius 2 is 2.50 bits per heavy atom. The van der Waals surface area contributed by atoms with E-state index in [1.807, 2.05) is 0 Å². The summed E-state index contributed by atoms with van der Waals surface area (Å²) < 4.78 is 4.75. The standard InChI is InChI=1S/C7H8BrNO4S/c1-2-13-7(10)4-3-14-6(5(4)8)9(11)12/h3,5-6H,2H2,1H3. The van der Waals surface area contributed by atoms with Crippen molar-refractivity contribution in [3.05, 3.63) is 21.1 Å². The van der Waals surface area contributed by atoms with Crippen molar-refractivity contribution in [3.8, 4) is 0 Å². The Morgan fingerprint density at radius 3 is 2.93 bits per heavy atom. The predicted molar refractivity (Wildman–Crippen MR) is 55.8 cm³/mol. The second-order valence-corrected chi connectivity index (χ2v) is 4.48. The SMILES string of the molecule is CCOC(=O)C1=CSC([N+](=O)[O-])C1Br. The van der Waals surface area contributed by atoms with Crippen molar-refractivity contribution in [2.24, 2.45) is 0 Å². The number of alkyl halides is 1. The smallest absolute Gasteiger partial charge is 0.335 e. The summed E-state index contributed by atoms with van der Waals surface area (Å²) in [5, 5.41) is 11.1.